The van der Waals surface area contributed by atoms with Gasteiger partial charge in [0.1, 0.15) is 12.4 Å². The average molecular weight is 617 g/mol. The Hall–Kier alpha value is -3.48. The number of hydrogen-bond acceptors (Lipinski definition) is 7. The molecule has 3 saturated heterocycles. The number of nitriles is 1. The Morgan fingerprint density at radius 2 is 2.09 bits per heavy atom. The van der Waals surface area contributed by atoms with Crippen LogP contribution in [-0.2, 0) is 23.1 Å². The maximum Gasteiger partial charge on any atom is 0.318 e. The highest BCUT2D eigenvalue weighted by molar-refractivity contribution is 6.32. The van der Waals surface area contributed by atoms with E-state index in [1.54, 1.807) is 0 Å². The summed E-state index contributed by atoms with van der Waals surface area (Å²) in [6.07, 6.45) is 9.67. The number of carbonyl (C=O) groups is 1. The van der Waals surface area contributed by atoms with Gasteiger partial charge < -0.3 is 14.5 Å². The molecule has 5 aliphatic rings. The van der Waals surface area contributed by atoms with Gasteiger partial charge in [0.2, 0.25) is 0 Å². The van der Waals surface area contributed by atoms with Gasteiger partial charge in [-0.05, 0) is 74.8 Å². The minimum Gasteiger partial charge on any atom is -0.462 e. The quantitative estimate of drug-likeness (QED) is 0.402. The van der Waals surface area contributed by atoms with E-state index in [2.05, 4.69) is 41.5 Å². The van der Waals surface area contributed by atoms with Gasteiger partial charge in [0, 0.05) is 54.1 Å². The lowest BCUT2D eigenvalue weighted by molar-refractivity contribution is -0.131. The zero-order valence-corrected chi connectivity index (χ0v) is 26.0. The lowest BCUT2D eigenvalue weighted by atomic mass is 9.70. The number of amides is 1. The summed E-state index contributed by atoms with van der Waals surface area (Å²) in [6.45, 7) is 8.11. The fraction of sp³-hybridized carbons (Fsp3) is 0.529. The van der Waals surface area contributed by atoms with Crippen molar-refractivity contribution in [3.63, 3.8) is 0 Å². The summed E-state index contributed by atoms with van der Waals surface area (Å²) in [4.78, 5) is 28.8. The van der Waals surface area contributed by atoms with E-state index >= 15 is 0 Å². The smallest absolute Gasteiger partial charge is 0.318 e. The van der Waals surface area contributed by atoms with E-state index in [0.29, 0.717) is 44.2 Å². The molecule has 0 radical (unpaired) electrons. The van der Waals surface area contributed by atoms with Crippen LogP contribution in [-0.4, -0.2) is 76.6 Å². The maximum absolute atomic E-state index is 13.9. The number of carbonyl (C=O) groups excluding carboxylic acids is 1. The molecule has 2 unspecified atom stereocenters. The number of nitrogens with zero attached hydrogens (tertiary/aromatic N) is 6. The average Bonchev–Trinajstić information content (AvgIpc) is 3.70. The van der Waals surface area contributed by atoms with Crippen LogP contribution in [0.25, 0.3) is 5.57 Å². The summed E-state index contributed by atoms with van der Waals surface area (Å²) in [5.41, 5.74) is 5.40. The third-order valence-electron chi connectivity index (χ3n) is 10.5. The molecule has 2 aromatic rings. The van der Waals surface area contributed by atoms with E-state index in [1.807, 2.05) is 12.1 Å². The number of ether oxygens (including phenoxy) is 1. The summed E-state index contributed by atoms with van der Waals surface area (Å²) in [6, 6.07) is 9.28. The van der Waals surface area contributed by atoms with Gasteiger partial charge in [-0.25, -0.2) is 4.39 Å². The van der Waals surface area contributed by atoms with Crippen molar-refractivity contribution >= 4 is 28.9 Å². The minimum absolute atomic E-state index is 0.0928. The summed E-state index contributed by atoms with van der Waals surface area (Å²) >= 11 is 6.68. The molecule has 3 fully saturated rings. The van der Waals surface area contributed by atoms with Gasteiger partial charge in [-0.3, -0.25) is 9.69 Å². The first kappa shape index (κ1) is 29.2. The Morgan fingerprint density at radius 1 is 1.23 bits per heavy atom. The van der Waals surface area contributed by atoms with Crippen LogP contribution in [0.15, 0.2) is 36.7 Å². The third-order valence-corrected chi connectivity index (χ3v) is 10.8. The Kier molecular flexibility index (Phi) is 7.62. The van der Waals surface area contributed by atoms with Crippen LogP contribution in [0.4, 0.5) is 10.2 Å². The SMILES string of the molecule is C=C(F)C(=O)N1CCN(c2nc(OCC3CCC4CCCN43)nc3c2CC[C@]2(C=C(C)c4c(Cl)cccc42)C3)C[C@@H]1CC#N. The van der Waals surface area contributed by atoms with Crippen molar-refractivity contribution in [1.29, 1.82) is 5.26 Å². The predicted molar refractivity (Wildman–Crippen MR) is 167 cm³/mol. The molecule has 0 bridgehead atoms. The van der Waals surface area contributed by atoms with Gasteiger partial charge in [0.25, 0.3) is 5.91 Å². The van der Waals surface area contributed by atoms with Gasteiger partial charge in [0.15, 0.2) is 5.83 Å². The number of allylic oxidation sites excluding steroid dienone is 2. The highest BCUT2D eigenvalue weighted by atomic mass is 35.5. The summed E-state index contributed by atoms with van der Waals surface area (Å²) in [5.74, 6) is -0.961. The summed E-state index contributed by atoms with van der Waals surface area (Å²) < 4.78 is 20.3. The van der Waals surface area contributed by atoms with Crippen molar-refractivity contribution in [2.75, 3.05) is 37.7 Å². The molecular formula is C34H38ClFN6O2. The van der Waals surface area contributed by atoms with Crippen molar-refractivity contribution in [1.82, 2.24) is 19.8 Å². The van der Waals surface area contributed by atoms with Gasteiger partial charge in [-0.15, -0.1) is 0 Å². The lowest BCUT2D eigenvalue weighted by Crippen LogP contribution is -2.55. The second-order valence-corrected chi connectivity index (χ2v) is 13.4. The van der Waals surface area contributed by atoms with Crippen molar-refractivity contribution in [3.05, 3.63) is 64.1 Å². The molecule has 7 rings (SSSR count). The second kappa shape index (κ2) is 11.5. The Balaban J connectivity index is 1.23. The lowest BCUT2D eigenvalue weighted by Gasteiger charge is -2.42. The van der Waals surface area contributed by atoms with Crippen molar-refractivity contribution in [2.24, 2.45) is 0 Å². The van der Waals surface area contributed by atoms with Crippen molar-refractivity contribution < 1.29 is 13.9 Å². The van der Waals surface area contributed by atoms with Gasteiger partial charge in [-0.2, -0.15) is 15.2 Å². The van der Waals surface area contributed by atoms with Gasteiger partial charge in [-0.1, -0.05) is 36.4 Å². The number of piperazine rings is 1. The number of benzene rings is 1. The molecule has 0 N–H and O–H groups in total. The van der Waals surface area contributed by atoms with Crippen LogP contribution in [0.3, 0.4) is 0 Å². The fourth-order valence-electron chi connectivity index (χ4n) is 8.52. The van der Waals surface area contributed by atoms with E-state index < -0.39 is 17.8 Å². The van der Waals surface area contributed by atoms with E-state index in [4.69, 9.17) is 26.3 Å². The van der Waals surface area contributed by atoms with Crippen LogP contribution in [0.1, 0.15) is 67.8 Å². The Bertz CT molecular complexity index is 1590. The number of anilines is 1. The van der Waals surface area contributed by atoms with Crippen LogP contribution >= 0.6 is 11.6 Å². The van der Waals surface area contributed by atoms with Crippen molar-refractivity contribution in [3.8, 4) is 12.1 Å². The van der Waals surface area contributed by atoms with Gasteiger partial charge in [0.05, 0.1) is 24.2 Å². The number of fused-ring (bicyclic) bond motifs is 4. The number of aromatic nitrogens is 2. The number of hydrogen-bond donors (Lipinski definition) is 0. The normalized spacial score (nSPS) is 27.5. The second-order valence-electron chi connectivity index (χ2n) is 13.0. The molecule has 1 aromatic heterocycles. The van der Waals surface area contributed by atoms with Crippen LogP contribution < -0.4 is 9.64 Å². The molecule has 1 amide bonds. The molecule has 8 nitrogen and oxygen atoms in total. The topological polar surface area (TPSA) is 85.6 Å². The number of halogens is 2. The minimum atomic E-state index is -1.01. The first-order valence-electron chi connectivity index (χ1n) is 15.8. The van der Waals surface area contributed by atoms with Gasteiger partial charge >= 0.3 is 6.01 Å². The van der Waals surface area contributed by atoms with Crippen molar-refractivity contribution in [2.45, 2.75) is 81.8 Å². The molecule has 0 saturated carbocycles. The van der Waals surface area contributed by atoms with Crippen LogP contribution in [0.5, 0.6) is 6.01 Å². The molecular weight excluding hydrogens is 579 g/mol. The highest BCUT2D eigenvalue weighted by Crippen LogP contribution is 2.51. The molecule has 1 spiro atoms. The largest absolute Gasteiger partial charge is 0.462 e. The zero-order chi connectivity index (χ0) is 30.6. The molecule has 1 aromatic carbocycles. The monoisotopic (exact) mass is 616 g/mol. The zero-order valence-electron chi connectivity index (χ0n) is 25.2. The third kappa shape index (κ3) is 4.96. The molecule has 230 valence electrons. The van der Waals surface area contributed by atoms with Crippen LogP contribution in [0, 0.1) is 11.3 Å². The molecule has 10 heteroatoms. The Labute approximate surface area is 263 Å². The fourth-order valence-corrected chi connectivity index (χ4v) is 8.84. The molecule has 2 aliphatic carbocycles. The first-order valence-corrected chi connectivity index (χ1v) is 16.2. The van der Waals surface area contributed by atoms with E-state index in [-0.39, 0.29) is 18.4 Å². The van der Waals surface area contributed by atoms with E-state index in [9.17, 15) is 14.4 Å². The van der Waals surface area contributed by atoms with E-state index in [1.165, 1.54) is 35.3 Å². The molecule has 44 heavy (non-hydrogen) atoms. The molecule has 3 aliphatic heterocycles. The summed E-state index contributed by atoms with van der Waals surface area (Å²) in [7, 11) is 0. The predicted octanol–water partition coefficient (Wildman–Crippen LogP) is 5.39. The standard InChI is InChI=1S/C34H38ClFN6O2/c1-21-17-34(27-6-3-7-28(35)30(21)27)12-10-26-29(18-34)38-33(44-20-25-9-8-23-5-4-14-41(23)25)39-31(26)40-15-16-42(32(43)22(2)36)24(19-40)11-13-37/h3,6-7,17,23-25H,2,4-5,8-12,14-16,18-20H2,1H3/t23?,24-,25?,34-/m0/s1. The Morgan fingerprint density at radius 3 is 2.91 bits per heavy atom. The first-order chi connectivity index (χ1) is 21.3. The molecule has 4 heterocycles. The molecule has 4 atom stereocenters. The summed E-state index contributed by atoms with van der Waals surface area (Å²) in [5, 5.41) is 10.3. The highest BCUT2D eigenvalue weighted by Gasteiger charge is 2.43. The van der Waals surface area contributed by atoms with Crippen LogP contribution in [0.2, 0.25) is 5.02 Å². The maximum atomic E-state index is 13.9. The number of rotatable bonds is 6. The van der Waals surface area contributed by atoms with E-state index in [0.717, 1.165) is 53.5 Å².